The molecule has 1 saturated carbocycles. The van der Waals surface area contributed by atoms with Gasteiger partial charge in [-0.15, -0.1) is 0 Å². The van der Waals surface area contributed by atoms with Crippen molar-refractivity contribution in [1.82, 2.24) is 5.32 Å². The number of halogens is 1. The first-order valence-corrected chi connectivity index (χ1v) is 7.87. The number of benzene rings is 1. The monoisotopic (exact) mass is 279 g/mol. The molecule has 2 unspecified atom stereocenters. The highest BCUT2D eigenvalue weighted by atomic mass is 19.1. The number of hydrogen-bond donors (Lipinski definition) is 1. The summed E-state index contributed by atoms with van der Waals surface area (Å²) in [5, 5.41) is 3.57. The van der Waals surface area contributed by atoms with Gasteiger partial charge in [0, 0.05) is 6.04 Å². The van der Waals surface area contributed by atoms with Crippen LogP contribution in [0.2, 0.25) is 0 Å². The lowest BCUT2D eigenvalue weighted by Crippen LogP contribution is -2.42. The van der Waals surface area contributed by atoms with Crippen LogP contribution in [0.25, 0.3) is 0 Å². The molecule has 0 spiro atoms. The van der Waals surface area contributed by atoms with Crippen molar-refractivity contribution in [2.45, 2.75) is 64.5 Å². The Hall–Kier alpha value is -1.09. The standard InChI is InChI=1S/C17H26FNO/c1-3-11-19-15-7-5-4-6-8-16(15)20-17-12-13(2)9-10-14(17)18/h9-10,12,15-16,19H,3-8,11H2,1-2H3. The molecule has 1 aliphatic carbocycles. The quantitative estimate of drug-likeness (QED) is 0.815. The molecule has 2 nitrogen and oxygen atoms in total. The highest BCUT2D eigenvalue weighted by Crippen LogP contribution is 2.26. The van der Waals surface area contributed by atoms with Crippen molar-refractivity contribution in [3.8, 4) is 5.75 Å². The third-order valence-corrected chi connectivity index (χ3v) is 3.97. The molecule has 0 saturated heterocycles. The van der Waals surface area contributed by atoms with Crippen LogP contribution in [-0.4, -0.2) is 18.7 Å². The van der Waals surface area contributed by atoms with Gasteiger partial charge in [0.25, 0.3) is 0 Å². The average molecular weight is 279 g/mol. The summed E-state index contributed by atoms with van der Waals surface area (Å²) >= 11 is 0. The van der Waals surface area contributed by atoms with E-state index in [4.69, 9.17) is 4.74 Å². The molecule has 1 N–H and O–H groups in total. The zero-order chi connectivity index (χ0) is 14.4. The second kappa shape index (κ2) is 7.63. The summed E-state index contributed by atoms with van der Waals surface area (Å²) in [6.45, 7) is 5.13. The Kier molecular flexibility index (Phi) is 5.84. The molecule has 0 amide bonds. The Morgan fingerprint density at radius 1 is 1.25 bits per heavy atom. The van der Waals surface area contributed by atoms with E-state index >= 15 is 0 Å². The second-order valence-corrected chi connectivity index (χ2v) is 5.79. The van der Waals surface area contributed by atoms with E-state index in [1.807, 2.05) is 6.92 Å². The lowest BCUT2D eigenvalue weighted by molar-refractivity contribution is 0.139. The average Bonchev–Trinajstić information content (AvgIpc) is 2.66. The zero-order valence-electron chi connectivity index (χ0n) is 12.6. The molecule has 0 radical (unpaired) electrons. The molecule has 2 rings (SSSR count). The highest BCUT2D eigenvalue weighted by molar-refractivity contribution is 5.29. The van der Waals surface area contributed by atoms with Crippen molar-refractivity contribution in [2.24, 2.45) is 0 Å². The fourth-order valence-corrected chi connectivity index (χ4v) is 2.84. The largest absolute Gasteiger partial charge is 0.486 e. The molecule has 1 fully saturated rings. The molecule has 20 heavy (non-hydrogen) atoms. The van der Waals surface area contributed by atoms with Crippen molar-refractivity contribution < 1.29 is 9.13 Å². The first-order valence-electron chi connectivity index (χ1n) is 7.87. The zero-order valence-corrected chi connectivity index (χ0v) is 12.6. The lowest BCUT2D eigenvalue weighted by atomic mass is 10.1. The smallest absolute Gasteiger partial charge is 0.165 e. The number of nitrogens with one attached hydrogen (secondary N) is 1. The summed E-state index contributed by atoms with van der Waals surface area (Å²) in [6.07, 6.45) is 6.98. The van der Waals surface area contributed by atoms with E-state index < -0.39 is 0 Å². The van der Waals surface area contributed by atoms with Gasteiger partial charge in [0.1, 0.15) is 6.10 Å². The molecule has 0 heterocycles. The molecule has 0 aliphatic heterocycles. The maximum Gasteiger partial charge on any atom is 0.165 e. The van der Waals surface area contributed by atoms with E-state index in [1.165, 1.54) is 25.3 Å². The van der Waals surface area contributed by atoms with Crippen LogP contribution >= 0.6 is 0 Å². The predicted octanol–water partition coefficient (Wildman–Crippen LogP) is 4.21. The van der Waals surface area contributed by atoms with Crippen LogP contribution in [0.15, 0.2) is 18.2 Å². The van der Waals surface area contributed by atoms with Crippen molar-refractivity contribution in [3.63, 3.8) is 0 Å². The van der Waals surface area contributed by atoms with Gasteiger partial charge < -0.3 is 10.1 Å². The summed E-state index contributed by atoms with van der Waals surface area (Å²) in [6, 6.07) is 5.42. The maximum atomic E-state index is 13.9. The Balaban J connectivity index is 2.08. The van der Waals surface area contributed by atoms with E-state index in [2.05, 4.69) is 12.2 Å². The van der Waals surface area contributed by atoms with E-state index in [0.29, 0.717) is 11.8 Å². The van der Waals surface area contributed by atoms with Gasteiger partial charge in [0.2, 0.25) is 0 Å². The van der Waals surface area contributed by atoms with Crippen molar-refractivity contribution in [3.05, 3.63) is 29.6 Å². The molecule has 3 heteroatoms. The van der Waals surface area contributed by atoms with Crippen LogP contribution in [0.3, 0.4) is 0 Å². The van der Waals surface area contributed by atoms with Gasteiger partial charge in [-0.3, -0.25) is 0 Å². The molecule has 1 aliphatic rings. The van der Waals surface area contributed by atoms with Crippen molar-refractivity contribution >= 4 is 0 Å². The Bertz CT molecular complexity index is 421. The third-order valence-electron chi connectivity index (χ3n) is 3.97. The van der Waals surface area contributed by atoms with Crippen LogP contribution in [0, 0.1) is 12.7 Å². The fourth-order valence-electron chi connectivity index (χ4n) is 2.84. The number of aryl methyl sites for hydroxylation is 1. The second-order valence-electron chi connectivity index (χ2n) is 5.79. The van der Waals surface area contributed by atoms with Gasteiger partial charge in [0.15, 0.2) is 11.6 Å². The Morgan fingerprint density at radius 2 is 2.05 bits per heavy atom. The van der Waals surface area contributed by atoms with Gasteiger partial charge in [0.05, 0.1) is 0 Å². The van der Waals surface area contributed by atoms with Crippen LogP contribution in [-0.2, 0) is 0 Å². The molecule has 1 aromatic rings. The van der Waals surface area contributed by atoms with Crippen LogP contribution < -0.4 is 10.1 Å². The van der Waals surface area contributed by atoms with Gasteiger partial charge >= 0.3 is 0 Å². The predicted molar refractivity (Wildman–Crippen MR) is 80.7 cm³/mol. The van der Waals surface area contributed by atoms with E-state index in [-0.39, 0.29) is 11.9 Å². The Morgan fingerprint density at radius 3 is 2.85 bits per heavy atom. The fraction of sp³-hybridized carbons (Fsp3) is 0.647. The van der Waals surface area contributed by atoms with Crippen molar-refractivity contribution in [2.75, 3.05) is 6.54 Å². The van der Waals surface area contributed by atoms with Crippen LogP contribution in [0.5, 0.6) is 5.75 Å². The first-order chi connectivity index (χ1) is 9.70. The number of rotatable bonds is 5. The highest BCUT2D eigenvalue weighted by Gasteiger charge is 2.25. The third kappa shape index (κ3) is 4.20. The number of ether oxygens (including phenoxy) is 1. The molecule has 2 atom stereocenters. The normalized spacial score (nSPS) is 23.4. The van der Waals surface area contributed by atoms with Gasteiger partial charge in [-0.1, -0.05) is 25.8 Å². The van der Waals surface area contributed by atoms with E-state index in [0.717, 1.165) is 31.4 Å². The van der Waals surface area contributed by atoms with Gasteiger partial charge in [-0.25, -0.2) is 4.39 Å². The minimum Gasteiger partial charge on any atom is -0.486 e. The first kappa shape index (κ1) is 15.3. The van der Waals surface area contributed by atoms with E-state index in [1.54, 1.807) is 12.1 Å². The summed E-state index contributed by atoms with van der Waals surface area (Å²) in [4.78, 5) is 0. The summed E-state index contributed by atoms with van der Waals surface area (Å²) in [5.74, 6) is 0.147. The molecule has 0 bridgehead atoms. The number of hydrogen-bond acceptors (Lipinski definition) is 2. The molecule has 1 aromatic carbocycles. The molecular formula is C17H26FNO. The summed E-state index contributed by atoms with van der Waals surface area (Å²) < 4.78 is 19.9. The minimum atomic E-state index is -0.255. The summed E-state index contributed by atoms with van der Waals surface area (Å²) in [5.41, 5.74) is 1.04. The molecule has 112 valence electrons. The maximum absolute atomic E-state index is 13.9. The topological polar surface area (TPSA) is 21.3 Å². The van der Waals surface area contributed by atoms with Gasteiger partial charge in [-0.2, -0.15) is 0 Å². The summed E-state index contributed by atoms with van der Waals surface area (Å²) in [7, 11) is 0. The van der Waals surface area contributed by atoms with E-state index in [9.17, 15) is 4.39 Å². The Labute approximate surface area is 121 Å². The molecule has 0 aromatic heterocycles. The molecular weight excluding hydrogens is 253 g/mol. The van der Waals surface area contributed by atoms with Gasteiger partial charge in [-0.05, 0) is 56.8 Å². The SMILES string of the molecule is CCCNC1CCCCCC1Oc1cc(C)ccc1F. The minimum absolute atomic E-state index is 0.0837. The van der Waals surface area contributed by atoms with Crippen molar-refractivity contribution in [1.29, 1.82) is 0 Å². The van der Waals surface area contributed by atoms with Crippen LogP contribution in [0.1, 0.15) is 51.0 Å². The lowest BCUT2D eigenvalue weighted by Gasteiger charge is -2.27. The van der Waals surface area contributed by atoms with Crippen LogP contribution in [0.4, 0.5) is 4.39 Å².